The molecule has 196 valence electrons. The highest BCUT2D eigenvalue weighted by Crippen LogP contribution is 2.20. The van der Waals surface area contributed by atoms with Gasteiger partial charge in [0.1, 0.15) is 23.0 Å². The third kappa shape index (κ3) is 8.49. The number of benzene rings is 3. The zero-order valence-electron chi connectivity index (χ0n) is 21.6. The summed E-state index contributed by atoms with van der Waals surface area (Å²) in [7, 11) is 0. The van der Waals surface area contributed by atoms with E-state index in [1.165, 1.54) is 30.3 Å². The van der Waals surface area contributed by atoms with Gasteiger partial charge in [0.25, 0.3) is 11.6 Å². The second-order valence-electron chi connectivity index (χ2n) is 9.72. The number of hydrogen-bond donors (Lipinski definition) is 2. The van der Waals surface area contributed by atoms with Crippen LogP contribution in [0, 0.1) is 22.0 Å². The van der Waals surface area contributed by atoms with Crippen LogP contribution >= 0.6 is 0 Å². The summed E-state index contributed by atoms with van der Waals surface area (Å²) in [5.74, 6) is 4.50. The van der Waals surface area contributed by atoms with Crippen LogP contribution in [-0.2, 0) is 16.0 Å². The van der Waals surface area contributed by atoms with E-state index >= 15 is 0 Å². The summed E-state index contributed by atoms with van der Waals surface area (Å²) in [6.07, 6.45) is 1.72. The first kappa shape index (κ1) is 27.9. The van der Waals surface area contributed by atoms with Crippen molar-refractivity contribution in [2.45, 2.75) is 51.7 Å². The number of esters is 1. The molecule has 38 heavy (non-hydrogen) atoms. The Hall–Kier alpha value is -4.64. The van der Waals surface area contributed by atoms with Crippen molar-refractivity contribution in [1.82, 2.24) is 5.32 Å². The lowest BCUT2D eigenvalue weighted by Gasteiger charge is -2.24. The summed E-state index contributed by atoms with van der Waals surface area (Å²) >= 11 is 0. The second kappa shape index (κ2) is 12.5. The molecule has 0 heterocycles. The smallest absolute Gasteiger partial charge is 0.329 e. The first-order chi connectivity index (χ1) is 18.0. The Labute approximate surface area is 221 Å². The quantitative estimate of drug-likeness (QED) is 0.185. The molecule has 0 saturated carbocycles. The number of carbonyl (C=O) groups is 2. The predicted molar refractivity (Wildman–Crippen MR) is 144 cm³/mol. The number of amides is 1. The van der Waals surface area contributed by atoms with Gasteiger partial charge < -0.3 is 15.2 Å². The van der Waals surface area contributed by atoms with Crippen LogP contribution in [-0.4, -0.2) is 33.5 Å². The van der Waals surface area contributed by atoms with Crippen LogP contribution in [0.2, 0.25) is 0 Å². The Morgan fingerprint density at radius 1 is 1.03 bits per heavy atom. The van der Waals surface area contributed by atoms with Crippen molar-refractivity contribution >= 4 is 17.6 Å². The summed E-state index contributed by atoms with van der Waals surface area (Å²) in [6.45, 7) is 5.26. The molecule has 8 nitrogen and oxygen atoms in total. The van der Waals surface area contributed by atoms with Gasteiger partial charge >= 0.3 is 5.97 Å². The summed E-state index contributed by atoms with van der Waals surface area (Å²) < 4.78 is 5.53. The standard InChI is InChI=1S/C30H30N2O6/c1-30(2,3)38-29(35)26(11-7-10-21-8-5-4-6-9-21)31-28(34)24-16-19-27(32(36)37)23(20-24)15-12-22-13-17-25(33)18-14-22/h4-6,8-9,13-14,16-20,26,33H,7,10-11H2,1-3H3,(H,31,34)/t26-/m0/s1. The minimum Gasteiger partial charge on any atom is -0.508 e. The summed E-state index contributed by atoms with van der Waals surface area (Å²) in [4.78, 5) is 37.0. The van der Waals surface area contributed by atoms with Gasteiger partial charge in [-0.3, -0.25) is 14.9 Å². The van der Waals surface area contributed by atoms with Crippen LogP contribution in [0.3, 0.4) is 0 Å². The van der Waals surface area contributed by atoms with Crippen molar-refractivity contribution in [3.63, 3.8) is 0 Å². The molecule has 1 atom stereocenters. The van der Waals surface area contributed by atoms with Gasteiger partial charge in [-0.1, -0.05) is 42.2 Å². The lowest BCUT2D eigenvalue weighted by Crippen LogP contribution is -2.44. The van der Waals surface area contributed by atoms with E-state index < -0.39 is 28.4 Å². The van der Waals surface area contributed by atoms with Crippen LogP contribution < -0.4 is 5.32 Å². The number of carbonyl (C=O) groups excluding carboxylic acids is 2. The van der Waals surface area contributed by atoms with Gasteiger partial charge in [0, 0.05) is 17.2 Å². The number of phenols is 1. The highest BCUT2D eigenvalue weighted by atomic mass is 16.6. The zero-order valence-corrected chi connectivity index (χ0v) is 21.6. The molecule has 1 amide bonds. The predicted octanol–water partition coefficient (Wildman–Crippen LogP) is 5.16. The van der Waals surface area contributed by atoms with E-state index in [1.54, 1.807) is 32.9 Å². The van der Waals surface area contributed by atoms with E-state index in [4.69, 9.17) is 4.74 Å². The monoisotopic (exact) mass is 514 g/mol. The zero-order chi connectivity index (χ0) is 27.7. The molecule has 0 unspecified atom stereocenters. The first-order valence-electron chi connectivity index (χ1n) is 12.2. The number of nitro groups is 1. The van der Waals surface area contributed by atoms with Crippen molar-refractivity contribution < 1.29 is 24.4 Å². The van der Waals surface area contributed by atoms with Gasteiger partial charge in [-0.15, -0.1) is 0 Å². The van der Waals surface area contributed by atoms with E-state index in [9.17, 15) is 24.8 Å². The number of nitrogens with zero attached hydrogens (tertiary/aromatic N) is 1. The van der Waals surface area contributed by atoms with Crippen LogP contribution in [0.15, 0.2) is 72.8 Å². The van der Waals surface area contributed by atoms with E-state index in [0.29, 0.717) is 18.4 Å². The Balaban J connectivity index is 1.81. The normalized spacial score (nSPS) is 11.6. The molecule has 3 rings (SSSR count). The molecule has 2 N–H and O–H groups in total. The molecular weight excluding hydrogens is 484 g/mol. The topological polar surface area (TPSA) is 119 Å². The maximum absolute atomic E-state index is 13.1. The van der Waals surface area contributed by atoms with Crippen LogP contribution in [0.5, 0.6) is 5.75 Å². The Morgan fingerprint density at radius 2 is 1.71 bits per heavy atom. The van der Waals surface area contributed by atoms with E-state index in [2.05, 4.69) is 17.2 Å². The average Bonchev–Trinajstić information content (AvgIpc) is 2.87. The molecule has 3 aromatic rings. The Kier molecular flexibility index (Phi) is 9.23. The molecule has 0 aliphatic carbocycles. The highest BCUT2D eigenvalue weighted by molar-refractivity contribution is 5.97. The Bertz CT molecular complexity index is 1350. The van der Waals surface area contributed by atoms with Gasteiger partial charge in [0.05, 0.1) is 4.92 Å². The van der Waals surface area contributed by atoms with Crippen LogP contribution in [0.25, 0.3) is 0 Å². The van der Waals surface area contributed by atoms with Crippen molar-refractivity contribution in [3.05, 3.63) is 105 Å². The van der Waals surface area contributed by atoms with Gasteiger partial charge in [-0.2, -0.15) is 0 Å². The van der Waals surface area contributed by atoms with Gasteiger partial charge in [0.15, 0.2) is 0 Å². The number of hydrogen-bond acceptors (Lipinski definition) is 6. The summed E-state index contributed by atoms with van der Waals surface area (Å²) in [5, 5.41) is 23.7. The molecule has 0 aromatic heterocycles. The number of ether oxygens (including phenoxy) is 1. The van der Waals surface area contributed by atoms with Gasteiger partial charge in [0.2, 0.25) is 0 Å². The molecule has 0 aliphatic heterocycles. The van der Waals surface area contributed by atoms with E-state index in [0.717, 1.165) is 12.0 Å². The fourth-order valence-corrected chi connectivity index (χ4v) is 3.64. The SMILES string of the molecule is CC(C)(C)OC(=O)[C@H](CCCc1ccccc1)NC(=O)c1ccc([N+](=O)[O-])c(C#Cc2ccc(O)cc2)c1. The molecule has 0 radical (unpaired) electrons. The van der Waals surface area contributed by atoms with E-state index in [-0.39, 0.29) is 22.6 Å². The second-order valence-corrected chi connectivity index (χ2v) is 9.72. The molecule has 0 spiro atoms. The minimum absolute atomic E-state index is 0.0496. The fourth-order valence-electron chi connectivity index (χ4n) is 3.64. The maximum atomic E-state index is 13.1. The molecular formula is C30H30N2O6. The third-order valence-electron chi connectivity index (χ3n) is 5.46. The number of nitrogens with one attached hydrogen (secondary N) is 1. The fraction of sp³-hybridized carbons (Fsp3) is 0.267. The lowest BCUT2D eigenvalue weighted by molar-refractivity contribution is -0.385. The summed E-state index contributed by atoms with van der Waals surface area (Å²) in [6, 6.07) is 18.9. The van der Waals surface area contributed by atoms with Crippen molar-refractivity contribution in [1.29, 1.82) is 0 Å². The molecule has 0 aliphatic rings. The van der Waals surface area contributed by atoms with Crippen molar-refractivity contribution in [2.24, 2.45) is 0 Å². The van der Waals surface area contributed by atoms with Crippen molar-refractivity contribution in [2.75, 3.05) is 0 Å². The minimum atomic E-state index is -0.896. The van der Waals surface area contributed by atoms with Gasteiger partial charge in [-0.05, 0) is 82.0 Å². The number of rotatable bonds is 8. The molecule has 0 bridgehead atoms. The molecule has 0 fully saturated rings. The molecule has 0 saturated heterocycles. The van der Waals surface area contributed by atoms with Crippen LogP contribution in [0.4, 0.5) is 5.69 Å². The average molecular weight is 515 g/mol. The van der Waals surface area contributed by atoms with Crippen LogP contribution in [0.1, 0.15) is 60.7 Å². The number of phenolic OH excluding ortho intramolecular Hbond substituents is 1. The summed E-state index contributed by atoms with van der Waals surface area (Å²) in [5.41, 5.74) is 0.851. The third-order valence-corrected chi connectivity index (χ3v) is 5.46. The number of aromatic hydroxyl groups is 1. The highest BCUT2D eigenvalue weighted by Gasteiger charge is 2.27. The first-order valence-corrected chi connectivity index (χ1v) is 12.2. The van der Waals surface area contributed by atoms with Gasteiger partial charge in [-0.25, -0.2) is 4.79 Å². The number of nitro benzene ring substituents is 1. The van der Waals surface area contributed by atoms with E-state index in [1.807, 2.05) is 30.3 Å². The Morgan fingerprint density at radius 3 is 2.34 bits per heavy atom. The van der Waals surface area contributed by atoms with Crippen molar-refractivity contribution in [3.8, 4) is 17.6 Å². The molecule has 8 heteroatoms. The lowest BCUT2D eigenvalue weighted by atomic mass is 10.0. The molecule has 3 aromatic carbocycles. The maximum Gasteiger partial charge on any atom is 0.329 e. The number of aryl methyl sites for hydroxylation is 1. The largest absolute Gasteiger partial charge is 0.508 e.